The Kier molecular flexibility index (Phi) is 2.34. The van der Waals surface area contributed by atoms with Gasteiger partial charge in [0.05, 0.1) is 0 Å². The topological polar surface area (TPSA) is 49.5 Å². The lowest BCUT2D eigenvalue weighted by Gasteiger charge is -2.23. The molecule has 1 aliphatic carbocycles. The molecule has 1 saturated heterocycles. The van der Waals surface area contributed by atoms with Crippen molar-refractivity contribution in [2.24, 2.45) is 5.73 Å². The van der Waals surface area contributed by atoms with Crippen molar-refractivity contribution in [2.45, 2.75) is 50.2 Å². The molecule has 0 radical (unpaired) electrons. The summed E-state index contributed by atoms with van der Waals surface area (Å²) in [6, 6.07) is 1.42. The summed E-state index contributed by atoms with van der Waals surface area (Å²) in [5, 5.41) is 8.92. The van der Waals surface area contributed by atoms with E-state index in [4.69, 9.17) is 10.8 Å². The van der Waals surface area contributed by atoms with Crippen LogP contribution in [0, 0.1) is 0 Å². The predicted molar refractivity (Wildman–Crippen MR) is 52.4 cm³/mol. The standard InChI is InChI=1S/C10H20N2O/c1-8-6-10(11,4-5-13)7-12(8)9-2-3-9/h8-9,13H,2-7,11H2,1H3. The van der Waals surface area contributed by atoms with Crippen LogP contribution in [-0.4, -0.2) is 40.8 Å². The van der Waals surface area contributed by atoms with E-state index in [0.717, 1.165) is 25.4 Å². The molecule has 1 heterocycles. The Balaban J connectivity index is 1.96. The van der Waals surface area contributed by atoms with Crippen molar-refractivity contribution >= 4 is 0 Å². The van der Waals surface area contributed by atoms with Crippen LogP contribution in [0.4, 0.5) is 0 Å². The number of nitrogens with two attached hydrogens (primary N) is 1. The Morgan fingerprint density at radius 1 is 1.54 bits per heavy atom. The minimum absolute atomic E-state index is 0.114. The Hall–Kier alpha value is -0.120. The summed E-state index contributed by atoms with van der Waals surface area (Å²) in [4.78, 5) is 2.52. The number of likely N-dealkylation sites (tertiary alicyclic amines) is 1. The van der Waals surface area contributed by atoms with Gasteiger partial charge in [-0.2, -0.15) is 0 Å². The van der Waals surface area contributed by atoms with Crippen LogP contribution in [0.3, 0.4) is 0 Å². The van der Waals surface area contributed by atoms with E-state index in [1.807, 2.05) is 0 Å². The molecule has 3 heteroatoms. The first-order chi connectivity index (χ1) is 6.14. The molecule has 3 N–H and O–H groups in total. The van der Waals surface area contributed by atoms with Gasteiger partial charge in [0.15, 0.2) is 0 Å². The minimum Gasteiger partial charge on any atom is -0.396 e. The minimum atomic E-state index is -0.114. The van der Waals surface area contributed by atoms with Gasteiger partial charge in [-0.05, 0) is 32.6 Å². The van der Waals surface area contributed by atoms with Gasteiger partial charge in [0, 0.05) is 30.8 Å². The summed E-state index contributed by atoms with van der Waals surface area (Å²) in [6.45, 7) is 3.46. The maximum atomic E-state index is 8.92. The predicted octanol–water partition coefficient (Wildman–Crippen LogP) is 0.323. The molecule has 1 saturated carbocycles. The number of hydrogen-bond acceptors (Lipinski definition) is 3. The number of aliphatic hydroxyl groups is 1. The van der Waals surface area contributed by atoms with Gasteiger partial charge >= 0.3 is 0 Å². The fraction of sp³-hybridized carbons (Fsp3) is 1.00. The van der Waals surface area contributed by atoms with Gasteiger partial charge in [0.25, 0.3) is 0 Å². The lowest BCUT2D eigenvalue weighted by molar-refractivity contribution is 0.222. The molecule has 0 amide bonds. The zero-order valence-electron chi connectivity index (χ0n) is 8.37. The second kappa shape index (κ2) is 3.23. The SMILES string of the molecule is CC1CC(N)(CCO)CN1C1CC1. The smallest absolute Gasteiger partial charge is 0.0449 e. The van der Waals surface area contributed by atoms with Crippen LogP contribution in [0.5, 0.6) is 0 Å². The number of aliphatic hydroxyl groups excluding tert-OH is 1. The van der Waals surface area contributed by atoms with Crippen molar-refractivity contribution in [1.29, 1.82) is 0 Å². The molecule has 76 valence electrons. The first-order valence-electron chi connectivity index (χ1n) is 5.30. The monoisotopic (exact) mass is 184 g/mol. The molecule has 2 rings (SSSR count). The second-order valence-corrected chi connectivity index (χ2v) is 4.79. The van der Waals surface area contributed by atoms with Crippen LogP contribution >= 0.6 is 0 Å². The van der Waals surface area contributed by atoms with Crippen molar-refractivity contribution in [1.82, 2.24) is 4.90 Å². The van der Waals surface area contributed by atoms with Gasteiger partial charge in [-0.15, -0.1) is 0 Å². The summed E-state index contributed by atoms with van der Waals surface area (Å²) < 4.78 is 0. The van der Waals surface area contributed by atoms with Crippen LogP contribution in [0.15, 0.2) is 0 Å². The van der Waals surface area contributed by atoms with Gasteiger partial charge < -0.3 is 10.8 Å². The summed E-state index contributed by atoms with van der Waals surface area (Å²) in [5.74, 6) is 0. The fourth-order valence-electron chi connectivity index (χ4n) is 2.59. The van der Waals surface area contributed by atoms with Crippen LogP contribution < -0.4 is 5.73 Å². The number of rotatable bonds is 3. The Bertz CT molecular complexity index is 193. The van der Waals surface area contributed by atoms with Crippen LogP contribution in [0.25, 0.3) is 0 Å². The van der Waals surface area contributed by atoms with Gasteiger partial charge in [0.1, 0.15) is 0 Å². The summed E-state index contributed by atoms with van der Waals surface area (Å²) in [7, 11) is 0. The molecule has 0 aromatic rings. The zero-order valence-corrected chi connectivity index (χ0v) is 8.37. The first kappa shape index (κ1) is 9.44. The first-order valence-corrected chi connectivity index (χ1v) is 5.30. The molecule has 2 atom stereocenters. The quantitative estimate of drug-likeness (QED) is 0.664. The average molecular weight is 184 g/mol. The fourth-order valence-corrected chi connectivity index (χ4v) is 2.59. The van der Waals surface area contributed by atoms with Gasteiger partial charge in [-0.1, -0.05) is 0 Å². The normalized spacial score (nSPS) is 41.3. The molecular weight excluding hydrogens is 164 g/mol. The summed E-state index contributed by atoms with van der Waals surface area (Å²) in [6.07, 6.45) is 4.49. The third kappa shape index (κ3) is 1.87. The highest BCUT2D eigenvalue weighted by Crippen LogP contribution is 2.37. The molecule has 0 aromatic heterocycles. The number of hydrogen-bond donors (Lipinski definition) is 2. The third-order valence-electron chi connectivity index (χ3n) is 3.39. The summed E-state index contributed by atoms with van der Waals surface area (Å²) >= 11 is 0. The van der Waals surface area contributed by atoms with Crippen LogP contribution in [0.2, 0.25) is 0 Å². The molecule has 3 nitrogen and oxygen atoms in total. The molecular formula is C10H20N2O. The molecule has 2 aliphatic rings. The van der Waals surface area contributed by atoms with Gasteiger partial charge in [-0.3, -0.25) is 4.90 Å². The van der Waals surface area contributed by atoms with E-state index >= 15 is 0 Å². The Morgan fingerprint density at radius 2 is 2.23 bits per heavy atom. The molecule has 0 aromatic carbocycles. The third-order valence-corrected chi connectivity index (χ3v) is 3.39. The van der Waals surface area contributed by atoms with E-state index in [1.165, 1.54) is 12.8 Å². The van der Waals surface area contributed by atoms with E-state index in [0.29, 0.717) is 6.04 Å². The van der Waals surface area contributed by atoms with Crippen molar-refractivity contribution in [3.05, 3.63) is 0 Å². The molecule has 0 bridgehead atoms. The molecule has 2 fully saturated rings. The van der Waals surface area contributed by atoms with E-state index < -0.39 is 0 Å². The van der Waals surface area contributed by atoms with E-state index in [-0.39, 0.29) is 12.1 Å². The van der Waals surface area contributed by atoms with Crippen LogP contribution in [0.1, 0.15) is 32.6 Å². The maximum Gasteiger partial charge on any atom is 0.0449 e. The highest BCUT2D eigenvalue weighted by molar-refractivity contribution is 5.03. The molecule has 1 aliphatic heterocycles. The summed E-state index contributed by atoms with van der Waals surface area (Å²) in [5.41, 5.74) is 6.10. The number of nitrogens with zero attached hydrogens (tertiary/aromatic N) is 1. The average Bonchev–Trinajstić information content (AvgIpc) is 2.79. The van der Waals surface area contributed by atoms with Crippen molar-refractivity contribution in [2.75, 3.05) is 13.2 Å². The van der Waals surface area contributed by atoms with Crippen molar-refractivity contribution < 1.29 is 5.11 Å². The highest BCUT2D eigenvalue weighted by atomic mass is 16.3. The van der Waals surface area contributed by atoms with E-state index in [9.17, 15) is 0 Å². The molecule has 0 spiro atoms. The molecule has 13 heavy (non-hydrogen) atoms. The lowest BCUT2D eigenvalue weighted by atomic mass is 9.94. The second-order valence-electron chi connectivity index (χ2n) is 4.79. The van der Waals surface area contributed by atoms with E-state index in [2.05, 4.69) is 11.8 Å². The van der Waals surface area contributed by atoms with Gasteiger partial charge in [0.2, 0.25) is 0 Å². The Morgan fingerprint density at radius 3 is 2.77 bits per heavy atom. The van der Waals surface area contributed by atoms with Crippen LogP contribution in [-0.2, 0) is 0 Å². The Labute approximate surface area is 79.9 Å². The van der Waals surface area contributed by atoms with E-state index in [1.54, 1.807) is 0 Å². The largest absolute Gasteiger partial charge is 0.396 e. The van der Waals surface area contributed by atoms with Gasteiger partial charge in [-0.25, -0.2) is 0 Å². The lowest BCUT2D eigenvalue weighted by Crippen LogP contribution is -2.43. The van der Waals surface area contributed by atoms with Crippen molar-refractivity contribution in [3.63, 3.8) is 0 Å². The highest BCUT2D eigenvalue weighted by Gasteiger charge is 2.44. The zero-order chi connectivity index (χ0) is 9.47. The maximum absolute atomic E-state index is 8.92. The molecule has 2 unspecified atom stereocenters. The van der Waals surface area contributed by atoms with Crippen molar-refractivity contribution in [3.8, 4) is 0 Å².